The Kier molecular flexibility index (Phi) is 3.48. The number of rotatable bonds is 4. The van der Waals surface area contributed by atoms with Gasteiger partial charge in [-0.3, -0.25) is 0 Å². The van der Waals surface area contributed by atoms with Gasteiger partial charge in [-0.15, -0.1) is 0 Å². The summed E-state index contributed by atoms with van der Waals surface area (Å²) < 4.78 is 58.7. The number of nitrogens with zero attached hydrogens (tertiary/aromatic N) is 1. The Morgan fingerprint density at radius 2 is 1.86 bits per heavy atom. The summed E-state index contributed by atoms with van der Waals surface area (Å²) in [5, 5.41) is 0. The summed E-state index contributed by atoms with van der Waals surface area (Å²) in [6, 6.07) is -0.459. The molecule has 0 unspecified atom stereocenters. The van der Waals surface area contributed by atoms with Gasteiger partial charge in [-0.05, 0) is 12.8 Å². The van der Waals surface area contributed by atoms with E-state index in [0.29, 0.717) is 17.1 Å². The predicted octanol–water partition coefficient (Wildman–Crippen LogP) is 1.70. The van der Waals surface area contributed by atoms with E-state index in [4.69, 9.17) is 0 Å². The highest BCUT2D eigenvalue weighted by Gasteiger charge is 2.43. The van der Waals surface area contributed by atoms with Crippen LogP contribution in [-0.2, 0) is 10.0 Å². The molecule has 0 atom stereocenters. The summed E-state index contributed by atoms with van der Waals surface area (Å²) in [5.41, 5.74) is 0. The van der Waals surface area contributed by atoms with E-state index in [0.717, 1.165) is 0 Å². The van der Waals surface area contributed by atoms with Gasteiger partial charge >= 0.3 is 6.18 Å². The van der Waals surface area contributed by atoms with E-state index in [-0.39, 0.29) is 0 Å². The summed E-state index contributed by atoms with van der Waals surface area (Å²) >= 11 is 2.68. The van der Waals surface area contributed by atoms with Crippen molar-refractivity contribution >= 4 is 26.0 Å². The lowest BCUT2D eigenvalue weighted by Gasteiger charge is -2.21. The van der Waals surface area contributed by atoms with Crippen molar-refractivity contribution in [2.75, 3.05) is 11.2 Å². The topological polar surface area (TPSA) is 37.4 Å². The van der Waals surface area contributed by atoms with Gasteiger partial charge in [0.15, 0.2) is 0 Å². The molecule has 1 aliphatic carbocycles. The molecule has 0 aromatic rings. The molecule has 3 nitrogen and oxygen atoms in total. The van der Waals surface area contributed by atoms with E-state index in [1.54, 1.807) is 0 Å². The molecule has 0 aliphatic heterocycles. The molecule has 0 heterocycles. The summed E-state index contributed by atoms with van der Waals surface area (Å²) in [6.45, 7) is -1.38. The third kappa shape index (κ3) is 3.39. The maximum absolute atomic E-state index is 12.0. The highest BCUT2D eigenvalue weighted by atomic mass is 79.9. The first-order chi connectivity index (χ1) is 6.26. The summed E-state index contributed by atoms with van der Waals surface area (Å²) in [5.74, 6) is 0. The van der Waals surface area contributed by atoms with E-state index in [9.17, 15) is 21.6 Å². The summed E-state index contributed by atoms with van der Waals surface area (Å²) in [6.07, 6.45) is -3.44. The van der Waals surface area contributed by atoms with Gasteiger partial charge in [0.05, 0.1) is 0 Å². The number of hydrogen-bond donors (Lipinski definition) is 0. The molecule has 1 rings (SSSR count). The second-order valence-electron chi connectivity index (χ2n) is 3.11. The van der Waals surface area contributed by atoms with Gasteiger partial charge in [-0.25, -0.2) is 8.42 Å². The molecular weight excluding hydrogens is 287 g/mol. The zero-order chi connectivity index (χ0) is 11.0. The second-order valence-corrected chi connectivity index (χ2v) is 6.34. The maximum atomic E-state index is 12.0. The van der Waals surface area contributed by atoms with Gasteiger partial charge in [-0.2, -0.15) is 17.5 Å². The Bertz CT molecular complexity index is 299. The number of alkyl halides is 4. The molecule has 0 N–H and O–H groups in total. The van der Waals surface area contributed by atoms with Crippen LogP contribution in [-0.4, -0.2) is 36.1 Å². The van der Waals surface area contributed by atoms with Crippen LogP contribution in [0.1, 0.15) is 12.8 Å². The molecule has 1 aliphatic rings. The first kappa shape index (κ1) is 12.3. The summed E-state index contributed by atoms with van der Waals surface area (Å²) in [7, 11) is -3.80. The average molecular weight is 296 g/mol. The highest BCUT2D eigenvalue weighted by molar-refractivity contribution is 9.10. The zero-order valence-corrected chi connectivity index (χ0v) is 9.49. The highest BCUT2D eigenvalue weighted by Crippen LogP contribution is 2.32. The Morgan fingerprint density at radius 3 is 2.14 bits per heavy atom. The van der Waals surface area contributed by atoms with Crippen molar-refractivity contribution in [1.29, 1.82) is 0 Å². The van der Waals surface area contributed by atoms with Crippen LogP contribution in [0.3, 0.4) is 0 Å². The van der Waals surface area contributed by atoms with Crippen molar-refractivity contribution in [1.82, 2.24) is 4.31 Å². The van der Waals surface area contributed by atoms with Gasteiger partial charge in [0.1, 0.15) is 11.2 Å². The minimum absolute atomic E-state index is 0.459. The molecule has 0 radical (unpaired) electrons. The number of sulfonamides is 1. The Balaban J connectivity index is 2.75. The number of halogens is 4. The molecular formula is C6H9BrF3NO2S. The molecule has 1 fully saturated rings. The largest absolute Gasteiger partial charge is 0.402 e. The van der Waals surface area contributed by atoms with E-state index in [1.165, 1.54) is 0 Å². The standard InChI is InChI=1S/C6H9BrF3NO2S/c7-4-14(12,13)11(5-1-2-5)3-6(8,9)10/h5H,1-4H2. The van der Waals surface area contributed by atoms with Gasteiger partial charge < -0.3 is 0 Å². The molecule has 14 heavy (non-hydrogen) atoms. The van der Waals surface area contributed by atoms with E-state index < -0.39 is 33.4 Å². The minimum atomic E-state index is -4.47. The molecule has 84 valence electrons. The lowest BCUT2D eigenvalue weighted by atomic mass is 10.6. The Labute approximate surface area is 88.4 Å². The molecule has 0 spiro atoms. The lowest BCUT2D eigenvalue weighted by Crippen LogP contribution is -2.40. The van der Waals surface area contributed by atoms with Crippen LogP contribution in [0, 0.1) is 0 Å². The van der Waals surface area contributed by atoms with Crippen molar-refractivity contribution < 1.29 is 21.6 Å². The lowest BCUT2D eigenvalue weighted by molar-refractivity contribution is -0.136. The SMILES string of the molecule is O=S(=O)(CBr)N(CC(F)(F)F)C1CC1. The molecule has 1 saturated carbocycles. The molecule has 0 amide bonds. The smallest absolute Gasteiger partial charge is 0.211 e. The van der Waals surface area contributed by atoms with Crippen molar-refractivity contribution in [3.05, 3.63) is 0 Å². The van der Waals surface area contributed by atoms with Crippen molar-refractivity contribution in [3.63, 3.8) is 0 Å². The van der Waals surface area contributed by atoms with Crippen molar-refractivity contribution in [3.8, 4) is 0 Å². The van der Waals surface area contributed by atoms with E-state index in [2.05, 4.69) is 15.9 Å². The fourth-order valence-corrected chi connectivity index (χ4v) is 2.98. The summed E-state index contributed by atoms with van der Waals surface area (Å²) in [4.78, 5) is 0. The molecule has 8 heteroatoms. The van der Waals surface area contributed by atoms with Crippen LogP contribution >= 0.6 is 15.9 Å². The van der Waals surface area contributed by atoms with Crippen LogP contribution in [0.25, 0.3) is 0 Å². The van der Waals surface area contributed by atoms with Crippen molar-refractivity contribution in [2.24, 2.45) is 0 Å². The third-order valence-electron chi connectivity index (χ3n) is 1.78. The average Bonchev–Trinajstić information content (AvgIpc) is 2.81. The second kappa shape index (κ2) is 3.97. The first-order valence-corrected chi connectivity index (χ1v) is 6.61. The van der Waals surface area contributed by atoms with Crippen LogP contribution in [0.4, 0.5) is 13.2 Å². The first-order valence-electron chi connectivity index (χ1n) is 3.88. The predicted molar refractivity (Wildman–Crippen MR) is 48.5 cm³/mol. The molecule has 0 aromatic carbocycles. The normalized spacial score (nSPS) is 18.9. The molecule has 0 aromatic heterocycles. The van der Waals surface area contributed by atoms with Crippen LogP contribution in [0.5, 0.6) is 0 Å². The van der Waals surface area contributed by atoms with Gasteiger partial charge in [-0.1, -0.05) is 15.9 Å². The minimum Gasteiger partial charge on any atom is -0.211 e. The zero-order valence-electron chi connectivity index (χ0n) is 7.09. The van der Waals surface area contributed by atoms with Gasteiger partial charge in [0, 0.05) is 6.04 Å². The monoisotopic (exact) mass is 295 g/mol. The molecule has 0 bridgehead atoms. The fraction of sp³-hybridized carbons (Fsp3) is 1.00. The molecule has 0 saturated heterocycles. The third-order valence-corrected chi connectivity index (χ3v) is 4.94. The van der Waals surface area contributed by atoms with Crippen molar-refractivity contribution in [2.45, 2.75) is 25.1 Å². The Hall–Kier alpha value is 0.180. The van der Waals surface area contributed by atoms with Gasteiger partial charge in [0.25, 0.3) is 0 Å². The van der Waals surface area contributed by atoms with Crippen LogP contribution in [0.15, 0.2) is 0 Å². The van der Waals surface area contributed by atoms with Crippen LogP contribution in [0.2, 0.25) is 0 Å². The quantitative estimate of drug-likeness (QED) is 0.740. The Morgan fingerprint density at radius 1 is 1.36 bits per heavy atom. The van der Waals surface area contributed by atoms with Gasteiger partial charge in [0.2, 0.25) is 10.0 Å². The number of hydrogen-bond acceptors (Lipinski definition) is 2. The van der Waals surface area contributed by atoms with E-state index >= 15 is 0 Å². The van der Waals surface area contributed by atoms with Crippen LogP contribution < -0.4 is 0 Å². The fourth-order valence-electron chi connectivity index (χ4n) is 1.06. The maximum Gasteiger partial charge on any atom is 0.402 e. The van der Waals surface area contributed by atoms with E-state index in [1.807, 2.05) is 0 Å².